The summed E-state index contributed by atoms with van der Waals surface area (Å²) in [5, 5.41) is 6.78. The van der Waals surface area contributed by atoms with Crippen molar-refractivity contribution in [3.8, 4) is 0 Å². The number of primary amides is 1. The van der Waals surface area contributed by atoms with Gasteiger partial charge in [-0.25, -0.2) is 4.39 Å². The topological polar surface area (TPSA) is 73.3 Å². The standard InChI is InChI=1S/C8H5F3N4O/c1-2-13-14-8-3(7(12)16)4(9)5(10)6(11)15(2)8/h1H3,(H2,12,16). The summed E-state index contributed by atoms with van der Waals surface area (Å²) in [5.74, 6) is -6.21. The van der Waals surface area contributed by atoms with E-state index >= 15 is 0 Å². The van der Waals surface area contributed by atoms with Crippen molar-refractivity contribution in [2.75, 3.05) is 0 Å². The number of carbonyl (C=O) groups is 1. The predicted molar refractivity (Wildman–Crippen MR) is 46.1 cm³/mol. The van der Waals surface area contributed by atoms with E-state index in [9.17, 15) is 18.0 Å². The number of nitrogens with two attached hydrogens (primary N) is 1. The second-order valence-corrected chi connectivity index (χ2v) is 3.06. The largest absolute Gasteiger partial charge is 0.365 e. The molecule has 0 atom stereocenters. The molecule has 0 aliphatic carbocycles. The number of pyridine rings is 1. The second kappa shape index (κ2) is 3.19. The van der Waals surface area contributed by atoms with Crippen LogP contribution in [0.2, 0.25) is 0 Å². The Kier molecular flexibility index (Phi) is 2.07. The number of amides is 1. The average molecular weight is 230 g/mol. The molecule has 2 aromatic rings. The maximum atomic E-state index is 13.3. The van der Waals surface area contributed by atoms with Gasteiger partial charge in [0, 0.05) is 0 Å². The van der Waals surface area contributed by atoms with Crippen LogP contribution in [-0.4, -0.2) is 20.5 Å². The van der Waals surface area contributed by atoms with Crippen LogP contribution in [0.15, 0.2) is 0 Å². The van der Waals surface area contributed by atoms with E-state index in [1.165, 1.54) is 6.92 Å². The zero-order valence-corrected chi connectivity index (χ0v) is 7.96. The minimum absolute atomic E-state index is 0.0195. The van der Waals surface area contributed by atoms with Crippen molar-refractivity contribution in [1.82, 2.24) is 14.6 Å². The molecule has 16 heavy (non-hydrogen) atoms. The van der Waals surface area contributed by atoms with Gasteiger partial charge in [-0.1, -0.05) is 0 Å². The van der Waals surface area contributed by atoms with Gasteiger partial charge >= 0.3 is 0 Å². The van der Waals surface area contributed by atoms with E-state index in [2.05, 4.69) is 10.2 Å². The molecule has 1 amide bonds. The van der Waals surface area contributed by atoms with Crippen molar-refractivity contribution in [2.45, 2.75) is 6.92 Å². The van der Waals surface area contributed by atoms with Gasteiger partial charge < -0.3 is 5.73 Å². The van der Waals surface area contributed by atoms with Crippen molar-refractivity contribution in [1.29, 1.82) is 0 Å². The number of rotatable bonds is 1. The van der Waals surface area contributed by atoms with Gasteiger partial charge in [-0.3, -0.25) is 9.20 Å². The number of aryl methyl sites for hydroxylation is 1. The Labute approximate surface area is 86.7 Å². The van der Waals surface area contributed by atoms with Crippen LogP contribution in [0.1, 0.15) is 16.2 Å². The van der Waals surface area contributed by atoms with E-state index in [0.29, 0.717) is 4.40 Å². The third-order valence-corrected chi connectivity index (χ3v) is 2.08. The van der Waals surface area contributed by atoms with Crippen LogP contribution < -0.4 is 5.73 Å². The normalized spacial score (nSPS) is 11.0. The van der Waals surface area contributed by atoms with Crippen LogP contribution in [0.5, 0.6) is 0 Å². The van der Waals surface area contributed by atoms with Gasteiger partial charge in [0.25, 0.3) is 5.91 Å². The van der Waals surface area contributed by atoms with Crippen LogP contribution in [0.4, 0.5) is 13.2 Å². The Morgan fingerprint density at radius 3 is 2.44 bits per heavy atom. The first-order valence-electron chi connectivity index (χ1n) is 4.13. The lowest BCUT2D eigenvalue weighted by molar-refractivity contribution is 0.0996. The van der Waals surface area contributed by atoms with Crippen LogP contribution >= 0.6 is 0 Å². The number of fused-ring (bicyclic) bond motifs is 1. The van der Waals surface area contributed by atoms with E-state index in [1.54, 1.807) is 0 Å². The molecule has 5 nitrogen and oxygen atoms in total. The second-order valence-electron chi connectivity index (χ2n) is 3.06. The third kappa shape index (κ3) is 1.16. The molecule has 0 aromatic carbocycles. The molecule has 0 aliphatic rings. The number of aromatic nitrogens is 3. The summed E-state index contributed by atoms with van der Waals surface area (Å²) >= 11 is 0. The molecule has 0 radical (unpaired) electrons. The Morgan fingerprint density at radius 2 is 1.88 bits per heavy atom. The molecule has 2 rings (SSSR count). The Bertz CT molecular complexity index is 607. The zero-order valence-electron chi connectivity index (χ0n) is 7.96. The van der Waals surface area contributed by atoms with E-state index in [-0.39, 0.29) is 5.82 Å². The summed E-state index contributed by atoms with van der Waals surface area (Å²) in [6, 6.07) is 0. The molecule has 0 aliphatic heterocycles. The highest BCUT2D eigenvalue weighted by Crippen LogP contribution is 2.20. The van der Waals surface area contributed by atoms with E-state index < -0.39 is 34.7 Å². The highest BCUT2D eigenvalue weighted by Gasteiger charge is 2.25. The Morgan fingerprint density at radius 1 is 1.25 bits per heavy atom. The van der Waals surface area contributed by atoms with E-state index in [0.717, 1.165) is 0 Å². The molecule has 0 saturated carbocycles. The third-order valence-electron chi connectivity index (χ3n) is 2.08. The predicted octanol–water partition coefficient (Wildman–Crippen LogP) is 0.554. The lowest BCUT2D eigenvalue weighted by Gasteiger charge is -2.04. The zero-order chi connectivity index (χ0) is 12.0. The van der Waals surface area contributed by atoms with Crippen LogP contribution in [0.25, 0.3) is 5.65 Å². The molecule has 0 saturated heterocycles. The van der Waals surface area contributed by atoms with Gasteiger partial charge in [0.05, 0.1) is 0 Å². The van der Waals surface area contributed by atoms with Crippen LogP contribution in [-0.2, 0) is 0 Å². The van der Waals surface area contributed by atoms with Gasteiger partial charge in [0.15, 0.2) is 11.5 Å². The molecular weight excluding hydrogens is 225 g/mol. The molecule has 8 heteroatoms. The SMILES string of the molecule is Cc1nnc2c(C(N)=O)c(F)c(F)c(F)n12. The molecule has 84 valence electrons. The number of carbonyl (C=O) groups excluding carboxylic acids is 1. The fourth-order valence-electron chi connectivity index (χ4n) is 1.37. The molecule has 2 heterocycles. The molecule has 2 aromatic heterocycles. The summed E-state index contributed by atoms with van der Waals surface area (Å²) in [5.41, 5.74) is 3.60. The van der Waals surface area contributed by atoms with Crippen molar-refractivity contribution in [2.24, 2.45) is 5.73 Å². The first-order valence-corrected chi connectivity index (χ1v) is 4.13. The van der Waals surface area contributed by atoms with E-state index in [4.69, 9.17) is 5.73 Å². The lowest BCUT2D eigenvalue weighted by Crippen LogP contribution is -2.18. The average Bonchev–Trinajstić information content (AvgIpc) is 2.57. The summed E-state index contributed by atoms with van der Waals surface area (Å²) in [7, 11) is 0. The van der Waals surface area contributed by atoms with Crippen molar-refractivity contribution >= 4 is 11.6 Å². The molecular formula is C8H5F3N4O. The lowest BCUT2D eigenvalue weighted by atomic mass is 10.2. The van der Waals surface area contributed by atoms with Gasteiger partial charge in [-0.15, -0.1) is 10.2 Å². The quantitative estimate of drug-likeness (QED) is 0.727. The maximum absolute atomic E-state index is 13.3. The molecule has 0 unspecified atom stereocenters. The Hall–Kier alpha value is -2.12. The molecule has 0 fully saturated rings. The fraction of sp³-hybridized carbons (Fsp3) is 0.125. The van der Waals surface area contributed by atoms with Gasteiger partial charge in [-0.05, 0) is 6.92 Å². The fourth-order valence-corrected chi connectivity index (χ4v) is 1.37. The van der Waals surface area contributed by atoms with Crippen LogP contribution in [0, 0.1) is 24.5 Å². The van der Waals surface area contributed by atoms with E-state index in [1.807, 2.05) is 0 Å². The minimum atomic E-state index is -1.79. The Balaban J connectivity index is 3.05. The highest BCUT2D eigenvalue weighted by molar-refractivity contribution is 5.98. The van der Waals surface area contributed by atoms with Gasteiger partial charge in [-0.2, -0.15) is 8.78 Å². The number of hydrogen-bond donors (Lipinski definition) is 1. The van der Waals surface area contributed by atoms with Crippen LogP contribution in [0.3, 0.4) is 0 Å². The number of hydrogen-bond acceptors (Lipinski definition) is 3. The summed E-state index contributed by atoms with van der Waals surface area (Å²) in [4.78, 5) is 10.9. The summed E-state index contributed by atoms with van der Waals surface area (Å²) < 4.78 is 40.3. The van der Waals surface area contributed by atoms with Crippen molar-refractivity contribution < 1.29 is 18.0 Å². The molecule has 0 spiro atoms. The van der Waals surface area contributed by atoms with Gasteiger partial charge in [0.1, 0.15) is 11.4 Å². The highest BCUT2D eigenvalue weighted by atomic mass is 19.2. The monoisotopic (exact) mass is 230 g/mol. The molecule has 0 bridgehead atoms. The maximum Gasteiger partial charge on any atom is 0.255 e. The summed E-state index contributed by atoms with van der Waals surface area (Å²) in [6.07, 6.45) is 0. The first-order chi connectivity index (χ1) is 7.45. The smallest absolute Gasteiger partial charge is 0.255 e. The summed E-state index contributed by atoms with van der Waals surface area (Å²) in [6.45, 7) is 1.32. The number of nitrogens with zero attached hydrogens (tertiary/aromatic N) is 3. The molecule has 2 N–H and O–H groups in total. The van der Waals surface area contributed by atoms with Gasteiger partial charge in [0.2, 0.25) is 11.8 Å². The number of halogens is 3. The minimum Gasteiger partial charge on any atom is -0.365 e. The van der Waals surface area contributed by atoms with Crippen molar-refractivity contribution in [3.63, 3.8) is 0 Å². The van der Waals surface area contributed by atoms with Crippen molar-refractivity contribution in [3.05, 3.63) is 29.0 Å². The first kappa shape index (κ1) is 10.4.